The van der Waals surface area contributed by atoms with Crippen LogP contribution in [0.3, 0.4) is 0 Å². The highest BCUT2D eigenvalue weighted by Gasteiger charge is 2.17. The smallest absolute Gasteiger partial charge is 0.239 e. The van der Waals surface area contributed by atoms with Gasteiger partial charge in [0, 0.05) is 13.1 Å². The number of benzene rings is 2. The van der Waals surface area contributed by atoms with Gasteiger partial charge in [-0.3, -0.25) is 4.79 Å². The maximum absolute atomic E-state index is 12.1. The van der Waals surface area contributed by atoms with Crippen molar-refractivity contribution in [2.75, 3.05) is 43.0 Å². The van der Waals surface area contributed by atoms with Crippen LogP contribution >= 0.6 is 0 Å². The van der Waals surface area contributed by atoms with Crippen molar-refractivity contribution >= 4 is 17.3 Å². The minimum Gasteiger partial charge on any atom is -0.492 e. The Kier molecular flexibility index (Phi) is 4.99. The van der Waals surface area contributed by atoms with E-state index in [9.17, 15) is 4.79 Å². The van der Waals surface area contributed by atoms with Crippen molar-refractivity contribution in [2.24, 2.45) is 0 Å². The Bertz CT molecular complexity index is 646. The van der Waals surface area contributed by atoms with Gasteiger partial charge >= 0.3 is 0 Å². The Labute approximate surface area is 136 Å². The summed E-state index contributed by atoms with van der Waals surface area (Å²) in [7, 11) is 0. The summed E-state index contributed by atoms with van der Waals surface area (Å²) >= 11 is 0. The molecule has 0 bridgehead atoms. The van der Waals surface area contributed by atoms with Gasteiger partial charge in [0.2, 0.25) is 5.91 Å². The van der Waals surface area contributed by atoms with Crippen molar-refractivity contribution in [1.29, 1.82) is 0 Å². The van der Waals surface area contributed by atoms with Crippen molar-refractivity contribution in [3.63, 3.8) is 0 Å². The number of nitrogens with zero attached hydrogens (tertiary/aromatic N) is 1. The maximum Gasteiger partial charge on any atom is 0.239 e. The predicted octanol–water partition coefficient (Wildman–Crippen LogP) is 2.11. The largest absolute Gasteiger partial charge is 0.492 e. The molecule has 5 heteroatoms. The molecule has 0 atom stereocenters. The van der Waals surface area contributed by atoms with Crippen molar-refractivity contribution in [2.45, 2.75) is 0 Å². The van der Waals surface area contributed by atoms with Crippen LogP contribution in [0, 0.1) is 0 Å². The SMILES string of the molecule is O=C(CN1CCNc2ccccc21)NCCOc1ccccc1. The lowest BCUT2D eigenvalue weighted by Gasteiger charge is -2.31. The first kappa shape index (κ1) is 15.2. The molecule has 3 rings (SSSR count). The van der Waals surface area contributed by atoms with Gasteiger partial charge in [0.25, 0.3) is 0 Å². The molecule has 2 aromatic rings. The molecule has 23 heavy (non-hydrogen) atoms. The zero-order valence-electron chi connectivity index (χ0n) is 13.0. The highest BCUT2D eigenvalue weighted by atomic mass is 16.5. The number of hydrogen-bond donors (Lipinski definition) is 2. The topological polar surface area (TPSA) is 53.6 Å². The minimum atomic E-state index is 0.0124. The number of carbonyl (C=O) groups is 1. The number of nitrogens with one attached hydrogen (secondary N) is 2. The number of fused-ring (bicyclic) bond motifs is 1. The number of ether oxygens (including phenoxy) is 1. The van der Waals surface area contributed by atoms with E-state index >= 15 is 0 Å². The number of anilines is 2. The van der Waals surface area contributed by atoms with E-state index in [0.717, 1.165) is 30.2 Å². The van der Waals surface area contributed by atoms with Gasteiger partial charge in [0.1, 0.15) is 12.4 Å². The molecule has 2 N–H and O–H groups in total. The zero-order chi connectivity index (χ0) is 15.9. The Balaban J connectivity index is 1.43. The van der Waals surface area contributed by atoms with Gasteiger partial charge in [-0.1, -0.05) is 30.3 Å². The van der Waals surface area contributed by atoms with E-state index in [-0.39, 0.29) is 5.91 Å². The standard InChI is InChI=1S/C18H21N3O2/c22-18(20-11-13-23-15-6-2-1-3-7-15)14-21-12-10-19-16-8-4-5-9-17(16)21/h1-9,19H,10-14H2,(H,20,22). The van der Waals surface area contributed by atoms with Crippen LogP contribution in [0.5, 0.6) is 5.75 Å². The molecule has 0 aromatic heterocycles. The number of amides is 1. The lowest BCUT2D eigenvalue weighted by Crippen LogP contribution is -2.42. The highest BCUT2D eigenvalue weighted by molar-refractivity contribution is 5.84. The zero-order valence-corrected chi connectivity index (χ0v) is 13.0. The van der Waals surface area contributed by atoms with Crippen LogP contribution in [0.25, 0.3) is 0 Å². The summed E-state index contributed by atoms with van der Waals surface area (Å²) in [4.78, 5) is 14.2. The molecule has 0 radical (unpaired) electrons. The van der Waals surface area contributed by atoms with Crippen molar-refractivity contribution in [3.8, 4) is 5.75 Å². The van der Waals surface area contributed by atoms with Crippen molar-refractivity contribution < 1.29 is 9.53 Å². The molecule has 2 aromatic carbocycles. The predicted molar refractivity (Wildman–Crippen MR) is 92.1 cm³/mol. The Morgan fingerprint density at radius 1 is 1.13 bits per heavy atom. The molecule has 0 aliphatic carbocycles. The number of hydrogen-bond acceptors (Lipinski definition) is 4. The molecule has 1 heterocycles. The first-order valence-corrected chi connectivity index (χ1v) is 7.85. The van der Waals surface area contributed by atoms with Crippen molar-refractivity contribution in [3.05, 3.63) is 54.6 Å². The van der Waals surface area contributed by atoms with Crippen LogP contribution in [0.4, 0.5) is 11.4 Å². The third-order valence-electron chi connectivity index (χ3n) is 3.71. The van der Waals surface area contributed by atoms with Gasteiger partial charge in [0.05, 0.1) is 24.5 Å². The fourth-order valence-corrected chi connectivity index (χ4v) is 2.61. The molecular formula is C18H21N3O2. The monoisotopic (exact) mass is 311 g/mol. The summed E-state index contributed by atoms with van der Waals surface area (Å²) in [5, 5.41) is 6.25. The summed E-state index contributed by atoms with van der Waals surface area (Å²) in [5.41, 5.74) is 2.16. The first-order chi connectivity index (χ1) is 11.3. The fourth-order valence-electron chi connectivity index (χ4n) is 2.61. The average Bonchev–Trinajstić information content (AvgIpc) is 2.60. The van der Waals surface area contributed by atoms with Crippen LogP contribution in [0.15, 0.2) is 54.6 Å². The second-order valence-corrected chi connectivity index (χ2v) is 5.38. The van der Waals surface area contributed by atoms with E-state index in [0.29, 0.717) is 19.7 Å². The summed E-state index contributed by atoms with van der Waals surface area (Å²) in [6.07, 6.45) is 0. The summed E-state index contributed by atoms with van der Waals surface area (Å²) in [6.45, 7) is 3.01. The maximum atomic E-state index is 12.1. The molecule has 0 saturated carbocycles. The average molecular weight is 311 g/mol. The minimum absolute atomic E-state index is 0.0124. The second kappa shape index (κ2) is 7.54. The molecular weight excluding hydrogens is 290 g/mol. The third kappa shape index (κ3) is 4.16. The molecule has 1 aliphatic heterocycles. The molecule has 0 unspecified atom stereocenters. The molecule has 5 nitrogen and oxygen atoms in total. The van der Waals surface area contributed by atoms with Crippen LogP contribution in [-0.4, -0.2) is 38.7 Å². The number of rotatable bonds is 6. The van der Waals surface area contributed by atoms with Gasteiger partial charge in [-0.25, -0.2) is 0 Å². The third-order valence-corrected chi connectivity index (χ3v) is 3.71. The Morgan fingerprint density at radius 3 is 2.78 bits per heavy atom. The summed E-state index contributed by atoms with van der Waals surface area (Å²) in [5.74, 6) is 0.830. The number of carbonyl (C=O) groups excluding carboxylic acids is 1. The lowest BCUT2D eigenvalue weighted by molar-refractivity contribution is -0.119. The van der Waals surface area contributed by atoms with Gasteiger partial charge in [-0.05, 0) is 24.3 Å². The quantitative estimate of drug-likeness (QED) is 0.802. The fraction of sp³-hybridized carbons (Fsp3) is 0.278. The Hall–Kier alpha value is -2.69. The Morgan fingerprint density at radius 2 is 1.91 bits per heavy atom. The van der Waals surface area contributed by atoms with Crippen molar-refractivity contribution in [1.82, 2.24) is 5.32 Å². The summed E-state index contributed by atoms with van der Waals surface area (Å²) in [6, 6.07) is 17.7. The molecule has 0 spiro atoms. The van der Waals surface area contributed by atoms with Crippen LogP contribution in [0.1, 0.15) is 0 Å². The second-order valence-electron chi connectivity index (χ2n) is 5.38. The van der Waals surface area contributed by atoms with Gasteiger partial charge in [-0.15, -0.1) is 0 Å². The molecule has 1 amide bonds. The summed E-state index contributed by atoms with van der Waals surface area (Å²) < 4.78 is 5.56. The van der Waals surface area contributed by atoms with Crippen LogP contribution in [-0.2, 0) is 4.79 Å². The van der Waals surface area contributed by atoms with E-state index < -0.39 is 0 Å². The molecule has 1 aliphatic rings. The van der Waals surface area contributed by atoms with Crippen LogP contribution in [0.2, 0.25) is 0 Å². The molecule has 120 valence electrons. The normalized spacial score (nSPS) is 13.0. The van der Waals surface area contributed by atoms with E-state index in [2.05, 4.69) is 15.5 Å². The van der Waals surface area contributed by atoms with E-state index in [4.69, 9.17) is 4.74 Å². The molecule has 0 saturated heterocycles. The van der Waals surface area contributed by atoms with Gasteiger partial charge < -0.3 is 20.3 Å². The van der Waals surface area contributed by atoms with Crippen LogP contribution < -0.4 is 20.3 Å². The molecule has 0 fully saturated rings. The first-order valence-electron chi connectivity index (χ1n) is 7.85. The highest BCUT2D eigenvalue weighted by Crippen LogP contribution is 2.27. The van der Waals surface area contributed by atoms with E-state index in [1.165, 1.54) is 0 Å². The van der Waals surface area contributed by atoms with E-state index in [1.807, 2.05) is 54.6 Å². The van der Waals surface area contributed by atoms with Gasteiger partial charge in [0.15, 0.2) is 0 Å². The van der Waals surface area contributed by atoms with E-state index in [1.54, 1.807) is 0 Å². The lowest BCUT2D eigenvalue weighted by atomic mass is 10.2. The number of para-hydroxylation sites is 3. The van der Waals surface area contributed by atoms with Gasteiger partial charge in [-0.2, -0.15) is 0 Å².